The molecule has 0 atom stereocenters. The molecule has 0 unspecified atom stereocenters. The van der Waals surface area contributed by atoms with Gasteiger partial charge in [0.2, 0.25) is 5.91 Å². The molecule has 4 rings (SSSR count). The molecule has 8 nitrogen and oxygen atoms in total. The van der Waals surface area contributed by atoms with Crippen LogP contribution in [-0.4, -0.2) is 91.0 Å². The van der Waals surface area contributed by atoms with Crippen LogP contribution in [0.2, 0.25) is 0 Å². The SMILES string of the molecule is CN1CCN(C(=O)C2CCN(C(=O)NCc3ccc(N4CCCCCC4)nc3)CC2)CC1. The zero-order valence-corrected chi connectivity index (χ0v) is 19.5. The first kappa shape index (κ1) is 22.8. The normalized spacial score (nSPS) is 21.3. The Hall–Kier alpha value is -2.35. The maximum atomic E-state index is 12.8. The molecule has 0 radical (unpaired) electrons. The van der Waals surface area contributed by atoms with Crippen molar-refractivity contribution in [2.75, 3.05) is 64.3 Å². The van der Waals surface area contributed by atoms with Crippen LogP contribution in [0.25, 0.3) is 0 Å². The fourth-order valence-electron chi connectivity index (χ4n) is 4.91. The van der Waals surface area contributed by atoms with Crippen molar-refractivity contribution in [1.29, 1.82) is 0 Å². The van der Waals surface area contributed by atoms with E-state index < -0.39 is 0 Å². The third-order valence-corrected chi connectivity index (χ3v) is 7.13. The molecular weight excluding hydrogens is 404 g/mol. The summed E-state index contributed by atoms with van der Waals surface area (Å²) >= 11 is 0. The Morgan fingerprint density at radius 3 is 2.22 bits per heavy atom. The summed E-state index contributed by atoms with van der Waals surface area (Å²) in [5.41, 5.74) is 1.01. The van der Waals surface area contributed by atoms with Gasteiger partial charge in [-0.1, -0.05) is 18.9 Å². The number of nitrogens with zero attached hydrogens (tertiary/aromatic N) is 5. The summed E-state index contributed by atoms with van der Waals surface area (Å²) < 4.78 is 0. The maximum Gasteiger partial charge on any atom is 0.317 e. The molecule has 3 aliphatic rings. The standard InChI is InChI=1S/C24H38N6O2/c1-27-14-16-29(17-15-27)23(31)21-8-12-30(13-9-21)24(32)26-19-20-6-7-22(25-18-20)28-10-4-2-3-5-11-28/h6-7,18,21H,2-5,8-17,19H2,1H3,(H,26,32). The van der Waals surface area contributed by atoms with Gasteiger partial charge in [-0.3, -0.25) is 4.79 Å². The lowest BCUT2D eigenvalue weighted by molar-refractivity contribution is -0.138. The number of piperidine rings is 1. The van der Waals surface area contributed by atoms with E-state index in [-0.39, 0.29) is 17.9 Å². The number of carbonyl (C=O) groups is 2. The molecular formula is C24H38N6O2. The third kappa shape index (κ3) is 5.91. The Balaban J connectivity index is 1.19. The summed E-state index contributed by atoms with van der Waals surface area (Å²) in [7, 11) is 2.10. The molecule has 0 aromatic carbocycles. The lowest BCUT2D eigenvalue weighted by atomic mass is 9.95. The Kier molecular flexibility index (Phi) is 7.84. The predicted molar refractivity (Wildman–Crippen MR) is 126 cm³/mol. The molecule has 3 fully saturated rings. The number of nitrogens with one attached hydrogen (secondary N) is 1. The van der Waals surface area contributed by atoms with Crippen molar-refractivity contribution in [3.8, 4) is 0 Å². The molecule has 3 amide bonds. The fraction of sp³-hybridized carbons (Fsp3) is 0.708. The first-order valence-corrected chi connectivity index (χ1v) is 12.3. The largest absolute Gasteiger partial charge is 0.357 e. The van der Waals surface area contributed by atoms with Crippen molar-refractivity contribution in [2.45, 2.75) is 45.1 Å². The number of urea groups is 1. The van der Waals surface area contributed by atoms with Gasteiger partial charge in [-0.15, -0.1) is 0 Å². The number of anilines is 1. The zero-order chi connectivity index (χ0) is 22.3. The Bertz CT molecular complexity index is 746. The molecule has 0 spiro atoms. The Morgan fingerprint density at radius 1 is 0.906 bits per heavy atom. The molecule has 176 valence electrons. The lowest BCUT2D eigenvalue weighted by Crippen LogP contribution is -2.51. The van der Waals surface area contributed by atoms with Crippen LogP contribution in [0.1, 0.15) is 44.1 Å². The smallest absolute Gasteiger partial charge is 0.317 e. The second-order valence-corrected chi connectivity index (χ2v) is 9.47. The molecule has 0 saturated carbocycles. The molecule has 3 aliphatic heterocycles. The van der Waals surface area contributed by atoms with Gasteiger partial charge in [0.15, 0.2) is 0 Å². The second kappa shape index (κ2) is 11.0. The van der Waals surface area contributed by atoms with Gasteiger partial charge in [-0.05, 0) is 44.4 Å². The summed E-state index contributed by atoms with van der Waals surface area (Å²) in [6.45, 7) is 7.45. The number of carbonyl (C=O) groups excluding carboxylic acids is 2. The van der Waals surface area contributed by atoms with Crippen molar-refractivity contribution < 1.29 is 9.59 Å². The summed E-state index contributed by atoms with van der Waals surface area (Å²) in [5.74, 6) is 1.36. The van der Waals surface area contributed by atoms with Gasteiger partial charge in [0.1, 0.15) is 5.82 Å². The first-order chi connectivity index (χ1) is 15.6. The van der Waals surface area contributed by atoms with E-state index >= 15 is 0 Å². The number of rotatable bonds is 4. The van der Waals surface area contributed by atoms with Gasteiger partial charge in [0.25, 0.3) is 0 Å². The molecule has 3 saturated heterocycles. The molecule has 4 heterocycles. The Labute approximate surface area is 191 Å². The minimum atomic E-state index is -0.0490. The van der Waals surface area contributed by atoms with Crippen LogP contribution >= 0.6 is 0 Å². The van der Waals surface area contributed by atoms with E-state index in [4.69, 9.17) is 0 Å². The summed E-state index contributed by atoms with van der Waals surface area (Å²) in [6, 6.07) is 4.09. The second-order valence-electron chi connectivity index (χ2n) is 9.47. The average Bonchev–Trinajstić information content (AvgIpc) is 3.13. The highest BCUT2D eigenvalue weighted by Crippen LogP contribution is 2.21. The van der Waals surface area contributed by atoms with Crippen LogP contribution in [0.4, 0.5) is 10.6 Å². The van der Waals surface area contributed by atoms with Crippen LogP contribution < -0.4 is 10.2 Å². The number of aromatic nitrogens is 1. The summed E-state index contributed by atoms with van der Waals surface area (Å²) in [6.07, 6.45) is 8.47. The minimum Gasteiger partial charge on any atom is -0.357 e. The molecule has 1 aromatic heterocycles. The number of likely N-dealkylation sites (tertiary alicyclic amines) is 1. The van der Waals surface area contributed by atoms with Crippen molar-refractivity contribution in [3.05, 3.63) is 23.9 Å². The van der Waals surface area contributed by atoms with E-state index in [0.717, 1.165) is 63.5 Å². The van der Waals surface area contributed by atoms with E-state index in [1.165, 1.54) is 25.7 Å². The highest BCUT2D eigenvalue weighted by Gasteiger charge is 2.31. The predicted octanol–water partition coefficient (Wildman–Crippen LogP) is 2.16. The van der Waals surface area contributed by atoms with Gasteiger partial charge >= 0.3 is 6.03 Å². The number of likely N-dealkylation sites (N-methyl/N-ethyl adjacent to an activating group) is 1. The number of hydrogen-bond acceptors (Lipinski definition) is 5. The number of hydrogen-bond donors (Lipinski definition) is 1. The maximum absolute atomic E-state index is 12.8. The van der Waals surface area contributed by atoms with E-state index in [1.54, 1.807) is 0 Å². The van der Waals surface area contributed by atoms with Gasteiger partial charge in [0, 0.05) is 71.0 Å². The number of piperazine rings is 1. The van der Waals surface area contributed by atoms with E-state index in [9.17, 15) is 9.59 Å². The number of amides is 3. The van der Waals surface area contributed by atoms with E-state index in [0.29, 0.717) is 19.6 Å². The van der Waals surface area contributed by atoms with Crippen molar-refractivity contribution in [3.63, 3.8) is 0 Å². The van der Waals surface area contributed by atoms with Crippen LogP contribution in [0.3, 0.4) is 0 Å². The summed E-state index contributed by atoms with van der Waals surface area (Å²) in [4.78, 5) is 38.5. The van der Waals surface area contributed by atoms with Crippen LogP contribution in [-0.2, 0) is 11.3 Å². The van der Waals surface area contributed by atoms with Crippen molar-refractivity contribution in [2.24, 2.45) is 5.92 Å². The van der Waals surface area contributed by atoms with Crippen LogP contribution in [0.15, 0.2) is 18.3 Å². The van der Waals surface area contributed by atoms with Crippen molar-refractivity contribution in [1.82, 2.24) is 25.0 Å². The minimum absolute atomic E-state index is 0.0490. The van der Waals surface area contributed by atoms with Gasteiger partial charge in [-0.2, -0.15) is 0 Å². The average molecular weight is 443 g/mol. The fourth-order valence-corrected chi connectivity index (χ4v) is 4.91. The van der Waals surface area contributed by atoms with Crippen LogP contribution in [0, 0.1) is 5.92 Å². The van der Waals surface area contributed by atoms with Crippen molar-refractivity contribution >= 4 is 17.8 Å². The zero-order valence-electron chi connectivity index (χ0n) is 19.5. The topological polar surface area (TPSA) is 72.0 Å². The van der Waals surface area contributed by atoms with Crippen LogP contribution in [0.5, 0.6) is 0 Å². The van der Waals surface area contributed by atoms with Gasteiger partial charge < -0.3 is 24.9 Å². The Morgan fingerprint density at radius 2 is 1.59 bits per heavy atom. The third-order valence-electron chi connectivity index (χ3n) is 7.13. The first-order valence-electron chi connectivity index (χ1n) is 12.3. The molecule has 32 heavy (non-hydrogen) atoms. The molecule has 0 aliphatic carbocycles. The monoisotopic (exact) mass is 442 g/mol. The van der Waals surface area contributed by atoms with E-state index in [2.05, 4.69) is 39.3 Å². The molecule has 8 heteroatoms. The highest BCUT2D eigenvalue weighted by molar-refractivity contribution is 5.80. The van der Waals surface area contributed by atoms with Gasteiger partial charge in [-0.25, -0.2) is 9.78 Å². The molecule has 1 N–H and O–H groups in total. The molecule has 0 bridgehead atoms. The summed E-state index contributed by atoms with van der Waals surface area (Å²) in [5, 5.41) is 3.02. The van der Waals surface area contributed by atoms with E-state index in [1.807, 2.05) is 16.0 Å². The highest BCUT2D eigenvalue weighted by atomic mass is 16.2. The van der Waals surface area contributed by atoms with Gasteiger partial charge in [0.05, 0.1) is 0 Å². The molecule has 1 aromatic rings. The quantitative estimate of drug-likeness (QED) is 0.774. The number of pyridine rings is 1. The lowest BCUT2D eigenvalue weighted by Gasteiger charge is -2.37.